The van der Waals surface area contributed by atoms with E-state index < -0.39 is 0 Å². The Morgan fingerprint density at radius 3 is 2.70 bits per heavy atom. The predicted octanol–water partition coefficient (Wildman–Crippen LogP) is 2.96. The lowest BCUT2D eigenvalue weighted by atomic mass is 10.1. The Morgan fingerprint density at radius 1 is 1.13 bits per heavy atom. The summed E-state index contributed by atoms with van der Waals surface area (Å²) in [6.07, 6.45) is 0.922. The molecule has 0 amide bonds. The Balaban J connectivity index is 2.22. The van der Waals surface area contributed by atoms with Crippen LogP contribution in [-0.4, -0.2) is 22.1 Å². The number of nitrogens with zero attached hydrogens (tertiary/aromatic N) is 3. The number of benzene rings is 2. The van der Waals surface area contributed by atoms with Crippen molar-refractivity contribution in [1.29, 1.82) is 0 Å². The summed E-state index contributed by atoms with van der Waals surface area (Å²) in [5.41, 5.74) is 10.8. The van der Waals surface area contributed by atoms with Gasteiger partial charge in [-0.2, -0.15) is 0 Å². The smallest absolute Gasteiger partial charge is 0.119 e. The summed E-state index contributed by atoms with van der Waals surface area (Å²) < 4.78 is 7.21. The van der Waals surface area contributed by atoms with Gasteiger partial charge >= 0.3 is 0 Å². The lowest BCUT2D eigenvalue weighted by Crippen LogP contribution is -2.05. The van der Waals surface area contributed by atoms with Gasteiger partial charge < -0.3 is 10.5 Å². The summed E-state index contributed by atoms with van der Waals surface area (Å²) in [5, 5.41) is 8.61. The summed E-state index contributed by atoms with van der Waals surface area (Å²) in [4.78, 5) is 0. The molecule has 3 aromatic rings. The van der Waals surface area contributed by atoms with Gasteiger partial charge in [-0.1, -0.05) is 42.5 Å². The van der Waals surface area contributed by atoms with E-state index in [0.29, 0.717) is 6.54 Å². The van der Waals surface area contributed by atoms with Crippen molar-refractivity contribution in [3.63, 3.8) is 0 Å². The maximum atomic E-state index is 5.87. The zero-order chi connectivity index (χ0) is 16.2. The number of aryl methyl sites for hydroxylation is 1. The van der Waals surface area contributed by atoms with Crippen molar-refractivity contribution >= 4 is 0 Å². The number of methoxy groups -OCH3 is 1. The van der Waals surface area contributed by atoms with E-state index in [1.54, 1.807) is 7.11 Å². The van der Waals surface area contributed by atoms with Gasteiger partial charge in [0.2, 0.25) is 0 Å². The van der Waals surface area contributed by atoms with Crippen molar-refractivity contribution in [3.8, 4) is 22.7 Å². The zero-order valence-corrected chi connectivity index (χ0v) is 13.4. The minimum Gasteiger partial charge on any atom is -0.497 e. The molecule has 0 fully saturated rings. The second-order valence-corrected chi connectivity index (χ2v) is 5.21. The Hall–Kier alpha value is -2.66. The molecule has 118 valence electrons. The van der Waals surface area contributed by atoms with Crippen LogP contribution in [-0.2, 0) is 13.0 Å². The van der Waals surface area contributed by atoms with E-state index in [-0.39, 0.29) is 0 Å². The summed E-state index contributed by atoms with van der Waals surface area (Å²) in [6.45, 7) is 2.46. The van der Waals surface area contributed by atoms with E-state index in [1.165, 1.54) is 5.56 Å². The molecule has 0 saturated heterocycles. The molecule has 5 heteroatoms. The van der Waals surface area contributed by atoms with Crippen molar-refractivity contribution in [3.05, 3.63) is 59.8 Å². The third kappa shape index (κ3) is 2.83. The molecule has 2 N–H and O–H groups in total. The molecule has 0 aliphatic heterocycles. The number of para-hydroxylation sites is 1. The van der Waals surface area contributed by atoms with Gasteiger partial charge in [-0.25, -0.2) is 4.68 Å². The first-order chi connectivity index (χ1) is 11.3. The maximum absolute atomic E-state index is 5.87. The number of aromatic nitrogens is 3. The fourth-order valence-corrected chi connectivity index (χ4v) is 2.69. The van der Waals surface area contributed by atoms with Crippen LogP contribution in [0.1, 0.15) is 18.2 Å². The average molecular weight is 308 g/mol. The maximum Gasteiger partial charge on any atom is 0.119 e. The standard InChI is InChI=1S/C18H20N4O/c1-3-13-7-4-5-10-17(13)22-18(16(12-19)20-21-22)14-8-6-9-15(11-14)23-2/h4-11H,3,12,19H2,1-2H3. The van der Waals surface area contributed by atoms with Gasteiger partial charge in [0.15, 0.2) is 0 Å². The van der Waals surface area contributed by atoms with Gasteiger partial charge in [0.1, 0.15) is 11.4 Å². The molecule has 0 atom stereocenters. The van der Waals surface area contributed by atoms with Crippen molar-refractivity contribution in [2.24, 2.45) is 5.73 Å². The number of rotatable bonds is 5. The number of nitrogens with two attached hydrogens (primary N) is 1. The molecule has 0 aliphatic carbocycles. The predicted molar refractivity (Wildman–Crippen MR) is 90.6 cm³/mol. The van der Waals surface area contributed by atoms with Crippen LogP contribution in [0, 0.1) is 0 Å². The van der Waals surface area contributed by atoms with E-state index in [9.17, 15) is 0 Å². The molecule has 0 radical (unpaired) electrons. The summed E-state index contributed by atoms with van der Waals surface area (Å²) >= 11 is 0. The van der Waals surface area contributed by atoms with Gasteiger partial charge in [-0.3, -0.25) is 0 Å². The molecule has 0 aliphatic rings. The molecule has 1 aromatic heterocycles. The number of ether oxygens (including phenoxy) is 1. The third-order valence-electron chi connectivity index (χ3n) is 3.88. The van der Waals surface area contributed by atoms with Gasteiger partial charge in [-0.15, -0.1) is 5.10 Å². The average Bonchev–Trinajstić information content (AvgIpc) is 3.05. The number of hydrogen-bond donors (Lipinski definition) is 1. The molecular formula is C18H20N4O. The Bertz CT molecular complexity index is 810. The van der Waals surface area contributed by atoms with Crippen LogP contribution < -0.4 is 10.5 Å². The van der Waals surface area contributed by atoms with Gasteiger partial charge in [0.25, 0.3) is 0 Å². The van der Waals surface area contributed by atoms with Crippen molar-refractivity contribution in [2.75, 3.05) is 7.11 Å². The van der Waals surface area contributed by atoms with Gasteiger partial charge in [0, 0.05) is 12.1 Å². The zero-order valence-electron chi connectivity index (χ0n) is 13.4. The van der Waals surface area contributed by atoms with Crippen LogP contribution in [0.5, 0.6) is 5.75 Å². The minimum atomic E-state index is 0.334. The topological polar surface area (TPSA) is 66.0 Å². The van der Waals surface area contributed by atoms with E-state index in [0.717, 1.165) is 34.8 Å². The molecule has 5 nitrogen and oxygen atoms in total. The van der Waals surface area contributed by atoms with Crippen molar-refractivity contribution < 1.29 is 4.74 Å². The highest BCUT2D eigenvalue weighted by Crippen LogP contribution is 2.29. The molecule has 23 heavy (non-hydrogen) atoms. The minimum absolute atomic E-state index is 0.334. The lowest BCUT2D eigenvalue weighted by molar-refractivity contribution is 0.415. The van der Waals surface area contributed by atoms with Crippen LogP contribution in [0.3, 0.4) is 0 Å². The largest absolute Gasteiger partial charge is 0.497 e. The summed E-state index contributed by atoms with van der Waals surface area (Å²) in [6, 6.07) is 16.1. The van der Waals surface area contributed by atoms with Gasteiger partial charge in [0.05, 0.1) is 18.5 Å². The molecule has 3 rings (SSSR count). The molecular weight excluding hydrogens is 288 g/mol. The van der Waals surface area contributed by atoms with Crippen LogP contribution >= 0.6 is 0 Å². The SMILES string of the molecule is CCc1ccccc1-n1nnc(CN)c1-c1cccc(OC)c1. The highest BCUT2D eigenvalue weighted by molar-refractivity contribution is 5.66. The van der Waals surface area contributed by atoms with Crippen LogP contribution in [0.2, 0.25) is 0 Å². The van der Waals surface area contributed by atoms with Crippen molar-refractivity contribution in [2.45, 2.75) is 19.9 Å². The fourth-order valence-electron chi connectivity index (χ4n) is 2.69. The normalized spacial score (nSPS) is 10.7. The van der Waals surface area contributed by atoms with E-state index >= 15 is 0 Å². The molecule has 0 saturated carbocycles. The fraction of sp³-hybridized carbons (Fsp3) is 0.222. The van der Waals surface area contributed by atoms with Crippen molar-refractivity contribution in [1.82, 2.24) is 15.0 Å². The first kappa shape index (κ1) is 15.2. The van der Waals surface area contributed by atoms with Gasteiger partial charge in [-0.05, 0) is 30.2 Å². The highest BCUT2D eigenvalue weighted by atomic mass is 16.5. The summed E-state index contributed by atoms with van der Waals surface area (Å²) in [7, 11) is 1.66. The first-order valence-corrected chi connectivity index (χ1v) is 7.65. The molecule has 2 aromatic carbocycles. The van der Waals surface area contributed by atoms with Crippen LogP contribution in [0.4, 0.5) is 0 Å². The second kappa shape index (κ2) is 6.62. The van der Waals surface area contributed by atoms with E-state index in [1.807, 2.05) is 41.1 Å². The highest BCUT2D eigenvalue weighted by Gasteiger charge is 2.17. The number of hydrogen-bond acceptors (Lipinski definition) is 4. The molecule has 0 bridgehead atoms. The second-order valence-electron chi connectivity index (χ2n) is 5.21. The summed E-state index contributed by atoms with van der Waals surface area (Å²) in [5.74, 6) is 0.794. The van der Waals surface area contributed by atoms with Crippen LogP contribution in [0.25, 0.3) is 16.9 Å². The van der Waals surface area contributed by atoms with E-state index in [2.05, 4.69) is 29.4 Å². The molecule has 0 spiro atoms. The molecule has 1 heterocycles. The lowest BCUT2D eigenvalue weighted by Gasteiger charge is -2.12. The van der Waals surface area contributed by atoms with E-state index in [4.69, 9.17) is 10.5 Å². The molecule has 0 unspecified atom stereocenters. The Morgan fingerprint density at radius 2 is 1.96 bits per heavy atom. The van der Waals surface area contributed by atoms with Crippen LogP contribution in [0.15, 0.2) is 48.5 Å². The third-order valence-corrected chi connectivity index (χ3v) is 3.88. The monoisotopic (exact) mass is 308 g/mol. The Kier molecular flexibility index (Phi) is 4.39. The quantitative estimate of drug-likeness (QED) is 0.787. The Labute approximate surface area is 135 Å². The first-order valence-electron chi connectivity index (χ1n) is 7.65.